The number of benzene rings is 7. The second-order valence-electron chi connectivity index (χ2n) is 13.5. The first-order valence-corrected chi connectivity index (χ1v) is 18.3. The Bertz CT molecular complexity index is 2360. The van der Waals surface area contributed by atoms with E-state index in [9.17, 15) is 0 Å². The summed E-state index contributed by atoms with van der Waals surface area (Å²) < 4.78 is 0. The average Bonchev–Trinajstić information content (AvgIpc) is 3.27. The van der Waals surface area contributed by atoms with Gasteiger partial charge in [-0.1, -0.05) is 146 Å². The molecule has 0 saturated heterocycles. The molecule has 0 N–H and O–H groups in total. The fourth-order valence-electron chi connectivity index (χ4n) is 7.13. The molecule has 9 rings (SSSR count). The monoisotopic (exact) mass is 688 g/mol. The van der Waals surface area contributed by atoms with Crippen LogP contribution in [0.25, 0.3) is 89.3 Å². The van der Waals surface area contributed by atoms with Crippen molar-refractivity contribution in [2.75, 3.05) is 0 Å². The maximum absolute atomic E-state index is 4.80. The van der Waals surface area contributed by atoms with Gasteiger partial charge in [0.1, 0.15) is 0 Å². The molecule has 0 saturated carbocycles. The van der Waals surface area contributed by atoms with Gasteiger partial charge in [-0.2, -0.15) is 0 Å². The summed E-state index contributed by atoms with van der Waals surface area (Å²) >= 11 is 0. The Morgan fingerprint density at radius 1 is 0.185 bits per heavy atom. The molecule has 0 amide bonds. The van der Waals surface area contributed by atoms with E-state index < -0.39 is 0 Å². The van der Waals surface area contributed by atoms with E-state index in [2.05, 4.69) is 206 Å². The van der Waals surface area contributed by atoms with Gasteiger partial charge in [-0.15, -0.1) is 0 Å². The molecule has 2 aromatic heterocycles. The van der Waals surface area contributed by atoms with Gasteiger partial charge in [0.05, 0.1) is 11.4 Å². The summed E-state index contributed by atoms with van der Waals surface area (Å²) in [6.07, 6.45) is 3.82. The first kappa shape index (κ1) is 32.7. The molecule has 0 aliphatic heterocycles. The normalized spacial score (nSPS) is 11.0. The molecule has 9 aromatic rings. The lowest BCUT2D eigenvalue weighted by molar-refractivity contribution is 1.31. The SMILES string of the molecule is c1ccc(-c2cc(-c3ccccc3)cc(-c3ccnc(-c4ccc(-c5cc(-c6cc(-c7ccccc7)cc(-c7ccccc7)c6)ccn5)cc4)c3)c2)cc1. The van der Waals surface area contributed by atoms with Crippen LogP contribution in [-0.4, -0.2) is 9.97 Å². The zero-order valence-corrected chi connectivity index (χ0v) is 29.7. The molecular weight excluding hydrogens is 653 g/mol. The van der Waals surface area contributed by atoms with Crippen molar-refractivity contribution in [3.8, 4) is 89.3 Å². The summed E-state index contributed by atoms with van der Waals surface area (Å²) in [7, 11) is 0. The molecule has 0 aliphatic carbocycles. The third-order valence-corrected chi connectivity index (χ3v) is 9.96. The molecule has 2 nitrogen and oxygen atoms in total. The van der Waals surface area contributed by atoms with Crippen molar-refractivity contribution >= 4 is 0 Å². The second-order valence-corrected chi connectivity index (χ2v) is 13.5. The van der Waals surface area contributed by atoms with Crippen LogP contribution in [0.2, 0.25) is 0 Å². The van der Waals surface area contributed by atoms with Crippen LogP contribution in [0.15, 0.2) is 219 Å². The van der Waals surface area contributed by atoms with Crippen LogP contribution in [0, 0.1) is 0 Å². The highest BCUT2D eigenvalue weighted by Gasteiger charge is 2.12. The van der Waals surface area contributed by atoms with Crippen molar-refractivity contribution in [1.29, 1.82) is 0 Å². The van der Waals surface area contributed by atoms with Gasteiger partial charge >= 0.3 is 0 Å². The minimum absolute atomic E-state index is 0.929. The van der Waals surface area contributed by atoms with Crippen LogP contribution in [-0.2, 0) is 0 Å². The molecule has 2 heteroatoms. The molecule has 254 valence electrons. The zero-order valence-electron chi connectivity index (χ0n) is 29.7. The number of hydrogen-bond donors (Lipinski definition) is 0. The molecule has 0 atom stereocenters. The molecule has 0 radical (unpaired) electrons. The van der Waals surface area contributed by atoms with E-state index in [1.165, 1.54) is 44.5 Å². The third-order valence-electron chi connectivity index (χ3n) is 9.96. The van der Waals surface area contributed by atoms with Gasteiger partial charge in [0.25, 0.3) is 0 Å². The van der Waals surface area contributed by atoms with E-state index in [0.29, 0.717) is 0 Å². The Morgan fingerprint density at radius 2 is 0.444 bits per heavy atom. The van der Waals surface area contributed by atoms with E-state index in [0.717, 1.165) is 44.8 Å². The van der Waals surface area contributed by atoms with Crippen molar-refractivity contribution < 1.29 is 0 Å². The largest absolute Gasteiger partial charge is 0.256 e. The maximum Gasteiger partial charge on any atom is 0.0708 e. The van der Waals surface area contributed by atoms with Crippen molar-refractivity contribution in [3.05, 3.63) is 219 Å². The molecule has 2 heterocycles. The molecule has 0 aliphatic rings. The minimum Gasteiger partial charge on any atom is -0.256 e. The van der Waals surface area contributed by atoms with Gasteiger partial charge in [-0.3, -0.25) is 9.97 Å². The number of rotatable bonds is 8. The Balaban J connectivity index is 1.04. The maximum atomic E-state index is 4.80. The van der Waals surface area contributed by atoms with E-state index in [1.807, 2.05) is 12.4 Å². The van der Waals surface area contributed by atoms with Crippen LogP contribution in [0.3, 0.4) is 0 Å². The topological polar surface area (TPSA) is 25.8 Å². The minimum atomic E-state index is 0.929. The third kappa shape index (κ3) is 7.01. The van der Waals surface area contributed by atoms with Gasteiger partial charge < -0.3 is 0 Å². The lowest BCUT2D eigenvalue weighted by Gasteiger charge is -2.13. The summed E-state index contributed by atoms with van der Waals surface area (Å²) in [4.78, 5) is 9.61. The highest BCUT2D eigenvalue weighted by molar-refractivity contribution is 5.84. The Morgan fingerprint density at radius 3 is 0.722 bits per heavy atom. The number of hydrogen-bond acceptors (Lipinski definition) is 2. The molecule has 0 bridgehead atoms. The summed E-state index contributed by atoms with van der Waals surface area (Å²) in [6.45, 7) is 0. The number of nitrogens with zero attached hydrogens (tertiary/aromatic N) is 2. The second kappa shape index (κ2) is 14.8. The van der Waals surface area contributed by atoms with Crippen LogP contribution in [0.5, 0.6) is 0 Å². The van der Waals surface area contributed by atoms with Crippen molar-refractivity contribution in [1.82, 2.24) is 9.97 Å². The van der Waals surface area contributed by atoms with Crippen molar-refractivity contribution in [2.45, 2.75) is 0 Å². The Kier molecular flexibility index (Phi) is 8.99. The van der Waals surface area contributed by atoms with Crippen molar-refractivity contribution in [3.63, 3.8) is 0 Å². The smallest absolute Gasteiger partial charge is 0.0708 e. The van der Waals surface area contributed by atoms with Gasteiger partial charge in [0, 0.05) is 23.5 Å². The molecule has 7 aromatic carbocycles. The molecule has 0 spiro atoms. The predicted octanol–water partition coefficient (Wildman–Crippen LogP) is 13.8. The summed E-state index contributed by atoms with van der Waals surface area (Å²) in [5.41, 5.74) is 18.1. The lowest BCUT2D eigenvalue weighted by atomic mass is 9.93. The van der Waals surface area contributed by atoms with Gasteiger partial charge in [0.15, 0.2) is 0 Å². The van der Waals surface area contributed by atoms with Gasteiger partial charge in [-0.25, -0.2) is 0 Å². The van der Waals surface area contributed by atoms with Crippen LogP contribution < -0.4 is 0 Å². The summed E-state index contributed by atoms with van der Waals surface area (Å²) in [6, 6.07) is 73.2. The summed E-state index contributed by atoms with van der Waals surface area (Å²) in [5, 5.41) is 0. The van der Waals surface area contributed by atoms with Crippen LogP contribution in [0.1, 0.15) is 0 Å². The molecule has 54 heavy (non-hydrogen) atoms. The van der Waals surface area contributed by atoms with Crippen LogP contribution >= 0.6 is 0 Å². The zero-order chi connectivity index (χ0) is 36.1. The highest BCUT2D eigenvalue weighted by atomic mass is 14.7. The fourth-order valence-corrected chi connectivity index (χ4v) is 7.13. The average molecular weight is 689 g/mol. The van der Waals surface area contributed by atoms with E-state index >= 15 is 0 Å². The first-order chi connectivity index (χ1) is 26.7. The van der Waals surface area contributed by atoms with E-state index in [1.54, 1.807) is 0 Å². The van der Waals surface area contributed by atoms with Crippen molar-refractivity contribution in [2.24, 2.45) is 0 Å². The molecule has 0 fully saturated rings. The van der Waals surface area contributed by atoms with E-state index in [-0.39, 0.29) is 0 Å². The lowest BCUT2D eigenvalue weighted by Crippen LogP contribution is -1.90. The van der Waals surface area contributed by atoms with Crippen LogP contribution in [0.4, 0.5) is 0 Å². The van der Waals surface area contributed by atoms with Gasteiger partial charge in [0.2, 0.25) is 0 Å². The standard InChI is InChI=1S/C52H36N2/c1-5-13-37(14-6-1)45-29-46(38-15-7-2-8-16-38)32-49(31-45)43-25-27-53-51(35-43)41-21-23-42(24-22-41)52-36-44(26-28-54-52)50-33-47(39-17-9-3-10-18-39)30-48(34-50)40-19-11-4-12-20-40/h1-36H. The predicted molar refractivity (Wildman–Crippen MR) is 226 cm³/mol. The van der Waals surface area contributed by atoms with E-state index in [4.69, 9.17) is 9.97 Å². The first-order valence-electron chi connectivity index (χ1n) is 18.3. The van der Waals surface area contributed by atoms with Gasteiger partial charge in [-0.05, 0) is 127 Å². The quantitative estimate of drug-likeness (QED) is 0.159. The highest BCUT2D eigenvalue weighted by Crippen LogP contribution is 2.36. The summed E-state index contributed by atoms with van der Waals surface area (Å²) in [5.74, 6) is 0. The Hall–Kier alpha value is -7.16. The number of aromatic nitrogens is 2. The molecular formula is C52H36N2. The molecule has 0 unspecified atom stereocenters. The number of pyridine rings is 2. The Labute approximate surface area is 316 Å². The fraction of sp³-hybridized carbons (Fsp3) is 0.